The molecule has 4 rings (SSSR count). The van der Waals surface area contributed by atoms with Crippen LogP contribution in [0.3, 0.4) is 0 Å². The molecular weight excluding hydrogens is 354 g/mol. The summed E-state index contributed by atoms with van der Waals surface area (Å²) in [5.74, 6) is -3.14. The first kappa shape index (κ1) is 17.8. The van der Waals surface area contributed by atoms with Crippen molar-refractivity contribution < 1.29 is 23.2 Å². The van der Waals surface area contributed by atoms with Crippen LogP contribution in [0.1, 0.15) is 18.9 Å². The number of rotatable bonds is 5. The summed E-state index contributed by atoms with van der Waals surface area (Å²) in [5, 5.41) is 0. The van der Waals surface area contributed by atoms with E-state index in [0.717, 1.165) is 23.5 Å². The largest absolute Gasteiger partial charge is 0.337 e. The third-order valence-corrected chi connectivity index (χ3v) is 6.00. The highest BCUT2D eigenvalue weighted by molar-refractivity contribution is 6.08. The molecule has 0 aromatic heterocycles. The van der Waals surface area contributed by atoms with Gasteiger partial charge < -0.3 is 4.90 Å². The molecule has 2 fully saturated rings. The molecule has 5 nitrogen and oxygen atoms in total. The lowest BCUT2D eigenvalue weighted by molar-refractivity contribution is -0.147. The van der Waals surface area contributed by atoms with Crippen LogP contribution in [0.15, 0.2) is 30.4 Å². The highest BCUT2D eigenvalue weighted by Gasteiger charge is 2.59. The van der Waals surface area contributed by atoms with Crippen LogP contribution in [0.5, 0.6) is 0 Å². The van der Waals surface area contributed by atoms with E-state index in [2.05, 4.69) is 0 Å². The molecule has 0 radical (unpaired) electrons. The molecule has 0 spiro atoms. The highest BCUT2D eigenvalue weighted by Crippen LogP contribution is 2.52. The predicted octanol–water partition coefficient (Wildman–Crippen LogP) is 2.12. The van der Waals surface area contributed by atoms with Crippen molar-refractivity contribution in [2.75, 3.05) is 13.1 Å². The number of amides is 3. The van der Waals surface area contributed by atoms with Crippen molar-refractivity contribution >= 4 is 17.7 Å². The van der Waals surface area contributed by atoms with Crippen molar-refractivity contribution in [3.8, 4) is 0 Å². The van der Waals surface area contributed by atoms with Crippen molar-refractivity contribution in [3.05, 3.63) is 47.5 Å². The van der Waals surface area contributed by atoms with E-state index in [1.54, 1.807) is 6.92 Å². The zero-order valence-electron chi connectivity index (χ0n) is 14.9. The van der Waals surface area contributed by atoms with Crippen molar-refractivity contribution in [1.29, 1.82) is 0 Å². The summed E-state index contributed by atoms with van der Waals surface area (Å²) < 4.78 is 27.8. The first-order chi connectivity index (χ1) is 12.9. The van der Waals surface area contributed by atoms with Gasteiger partial charge in [0.05, 0.1) is 18.4 Å². The molecular formula is C20H20F2N2O3. The van der Waals surface area contributed by atoms with Gasteiger partial charge in [-0.3, -0.25) is 19.3 Å². The van der Waals surface area contributed by atoms with Crippen molar-refractivity contribution in [2.45, 2.75) is 19.9 Å². The van der Waals surface area contributed by atoms with Gasteiger partial charge in [0, 0.05) is 12.1 Å². The monoisotopic (exact) mass is 374 g/mol. The number of carbonyl (C=O) groups excluding carboxylic acids is 3. The highest BCUT2D eigenvalue weighted by atomic mass is 19.1. The second-order valence-electron chi connectivity index (χ2n) is 7.37. The molecule has 2 aliphatic carbocycles. The maximum atomic E-state index is 13.9. The van der Waals surface area contributed by atoms with Crippen LogP contribution in [0.25, 0.3) is 0 Å². The average Bonchev–Trinajstić information content (AvgIpc) is 3.31. The fourth-order valence-electron chi connectivity index (χ4n) is 4.61. The second-order valence-corrected chi connectivity index (χ2v) is 7.37. The van der Waals surface area contributed by atoms with Gasteiger partial charge in [0.15, 0.2) is 0 Å². The molecule has 1 saturated heterocycles. The van der Waals surface area contributed by atoms with E-state index >= 15 is 0 Å². The number of imide groups is 1. The van der Waals surface area contributed by atoms with Crippen LogP contribution in [-0.2, 0) is 20.9 Å². The number of hydrogen-bond donors (Lipinski definition) is 0. The summed E-state index contributed by atoms with van der Waals surface area (Å²) in [6.07, 6.45) is 4.80. The Bertz CT molecular complexity index is 803. The minimum atomic E-state index is -0.730. The standard InChI is InChI=1S/C20H20F2N2O3/c1-2-23(9-13-14(21)4-3-5-15(13)22)16(25)10-24-19(26)17-11-6-7-12(8-11)18(17)20(24)27/h3-7,11-12,17-18H,2,8-10H2,1H3/t11-,12-,17-,18-/m0/s1. The molecule has 2 bridgehead atoms. The van der Waals surface area contributed by atoms with Crippen LogP contribution in [0, 0.1) is 35.3 Å². The van der Waals surface area contributed by atoms with E-state index in [-0.39, 0.29) is 60.7 Å². The number of halogens is 2. The fraction of sp³-hybridized carbons (Fsp3) is 0.450. The fourth-order valence-corrected chi connectivity index (χ4v) is 4.61. The first-order valence-electron chi connectivity index (χ1n) is 9.16. The zero-order chi connectivity index (χ0) is 19.3. The lowest BCUT2D eigenvalue weighted by atomic mass is 9.85. The van der Waals surface area contributed by atoms with Gasteiger partial charge in [-0.15, -0.1) is 0 Å². The van der Waals surface area contributed by atoms with Crippen LogP contribution < -0.4 is 0 Å². The van der Waals surface area contributed by atoms with E-state index in [4.69, 9.17) is 0 Å². The minimum absolute atomic E-state index is 0.0753. The lowest BCUT2D eigenvalue weighted by Gasteiger charge is -2.24. The number of nitrogens with zero attached hydrogens (tertiary/aromatic N) is 2. The molecule has 1 saturated carbocycles. The van der Waals surface area contributed by atoms with E-state index in [1.165, 1.54) is 11.0 Å². The average molecular weight is 374 g/mol. The first-order valence-corrected chi connectivity index (χ1v) is 9.16. The Labute approximate surface area is 155 Å². The maximum absolute atomic E-state index is 13.9. The summed E-state index contributed by atoms with van der Waals surface area (Å²) in [4.78, 5) is 40.3. The Kier molecular flexibility index (Phi) is 4.32. The molecule has 3 aliphatic rings. The van der Waals surface area contributed by atoms with Gasteiger partial charge in [-0.1, -0.05) is 18.2 Å². The number of allylic oxidation sites excluding steroid dienone is 2. The molecule has 0 N–H and O–H groups in total. The van der Waals surface area contributed by atoms with Gasteiger partial charge >= 0.3 is 0 Å². The summed E-state index contributed by atoms with van der Waals surface area (Å²) in [5.41, 5.74) is -0.203. The number of likely N-dealkylation sites (N-methyl/N-ethyl adjacent to an activating group) is 1. The Morgan fingerprint density at radius 2 is 1.67 bits per heavy atom. The summed E-state index contributed by atoms with van der Waals surface area (Å²) >= 11 is 0. The SMILES string of the molecule is CCN(Cc1c(F)cccc1F)C(=O)CN1C(=O)[C@@H]2[C@@H](C1=O)[C@H]1C=C[C@H]2C1. The Morgan fingerprint density at radius 3 is 2.19 bits per heavy atom. The van der Waals surface area contributed by atoms with E-state index < -0.39 is 17.5 Å². The minimum Gasteiger partial charge on any atom is -0.337 e. The molecule has 142 valence electrons. The lowest BCUT2D eigenvalue weighted by Crippen LogP contribution is -2.43. The molecule has 1 aliphatic heterocycles. The van der Waals surface area contributed by atoms with E-state index in [1.807, 2.05) is 12.2 Å². The summed E-state index contributed by atoms with van der Waals surface area (Å²) in [7, 11) is 0. The molecule has 1 heterocycles. The molecule has 4 atom stereocenters. The quantitative estimate of drug-likeness (QED) is 0.586. The van der Waals surface area contributed by atoms with E-state index in [9.17, 15) is 23.2 Å². The molecule has 1 aromatic carbocycles. The molecule has 1 aromatic rings. The summed E-state index contributed by atoms with van der Waals surface area (Å²) in [6, 6.07) is 3.53. The number of hydrogen-bond acceptors (Lipinski definition) is 3. The molecule has 0 unspecified atom stereocenters. The van der Waals surface area contributed by atoms with E-state index in [0.29, 0.717) is 0 Å². The number of carbonyl (C=O) groups is 3. The normalized spacial score (nSPS) is 28.2. The molecule has 7 heteroatoms. The molecule has 3 amide bonds. The van der Waals surface area contributed by atoms with Gasteiger partial charge in [-0.25, -0.2) is 8.78 Å². The van der Waals surface area contributed by atoms with Gasteiger partial charge in [0.1, 0.15) is 18.2 Å². The van der Waals surface area contributed by atoms with Crippen molar-refractivity contribution in [1.82, 2.24) is 9.80 Å². The Balaban J connectivity index is 1.48. The van der Waals surface area contributed by atoms with Crippen molar-refractivity contribution in [3.63, 3.8) is 0 Å². The zero-order valence-corrected chi connectivity index (χ0v) is 14.9. The van der Waals surface area contributed by atoms with Crippen LogP contribution >= 0.6 is 0 Å². The van der Waals surface area contributed by atoms with Gasteiger partial charge in [-0.2, -0.15) is 0 Å². The topological polar surface area (TPSA) is 57.7 Å². The van der Waals surface area contributed by atoms with Gasteiger partial charge in [-0.05, 0) is 37.3 Å². The van der Waals surface area contributed by atoms with Crippen molar-refractivity contribution in [2.24, 2.45) is 23.7 Å². The Morgan fingerprint density at radius 1 is 1.11 bits per heavy atom. The van der Waals surface area contributed by atoms with Gasteiger partial charge in [0.2, 0.25) is 17.7 Å². The van der Waals surface area contributed by atoms with Gasteiger partial charge in [0.25, 0.3) is 0 Å². The van der Waals surface area contributed by atoms with Crippen LogP contribution in [-0.4, -0.2) is 40.6 Å². The number of likely N-dealkylation sites (tertiary alicyclic amines) is 1. The Hall–Kier alpha value is -2.57. The van der Waals surface area contributed by atoms with Crippen LogP contribution in [0.4, 0.5) is 8.78 Å². The maximum Gasteiger partial charge on any atom is 0.243 e. The predicted molar refractivity (Wildman–Crippen MR) is 91.9 cm³/mol. The third kappa shape index (κ3) is 2.76. The molecule has 27 heavy (non-hydrogen) atoms. The second kappa shape index (κ2) is 6.55. The van der Waals surface area contributed by atoms with Crippen LogP contribution in [0.2, 0.25) is 0 Å². The summed E-state index contributed by atoms with van der Waals surface area (Å²) in [6.45, 7) is 1.27. The third-order valence-electron chi connectivity index (χ3n) is 6.00. The smallest absolute Gasteiger partial charge is 0.243 e. The number of benzene rings is 1. The number of fused-ring (bicyclic) bond motifs is 5.